The maximum atomic E-state index is 11.7. The molecule has 1 aliphatic carbocycles. The predicted octanol–water partition coefficient (Wildman–Crippen LogP) is 4.45. The molecule has 6 atom stereocenters. The molecule has 0 amide bonds. The van der Waals surface area contributed by atoms with Crippen molar-refractivity contribution in [2.24, 2.45) is 17.8 Å². The van der Waals surface area contributed by atoms with Crippen LogP contribution in [0.5, 0.6) is 0 Å². The Bertz CT molecular complexity index is 716. The zero-order valence-electron chi connectivity index (χ0n) is 19.6. The molecule has 0 spiro atoms. The van der Waals surface area contributed by atoms with Gasteiger partial charge in [0.05, 0.1) is 24.4 Å². The van der Waals surface area contributed by atoms with E-state index in [9.17, 15) is 15.0 Å². The molecule has 2 aliphatic rings. The van der Waals surface area contributed by atoms with Crippen LogP contribution in [0.15, 0.2) is 42.5 Å². The van der Waals surface area contributed by atoms with Crippen molar-refractivity contribution in [1.82, 2.24) is 0 Å². The van der Waals surface area contributed by atoms with Crippen LogP contribution >= 0.6 is 0 Å². The first kappa shape index (κ1) is 24.9. The first-order valence-electron chi connectivity index (χ1n) is 12.3. The lowest BCUT2D eigenvalue weighted by molar-refractivity contribution is -0.147. The number of aliphatic hydroxyl groups is 2. The van der Waals surface area contributed by atoms with Gasteiger partial charge in [-0.3, -0.25) is 4.79 Å². The summed E-state index contributed by atoms with van der Waals surface area (Å²) in [7, 11) is 0. The molecule has 2 fully saturated rings. The van der Waals surface area contributed by atoms with Gasteiger partial charge in [0, 0.05) is 25.4 Å². The van der Waals surface area contributed by atoms with E-state index in [1.54, 1.807) is 0 Å². The average molecular weight is 445 g/mol. The van der Waals surface area contributed by atoms with Crippen molar-refractivity contribution in [1.29, 1.82) is 0 Å². The van der Waals surface area contributed by atoms with Gasteiger partial charge in [0.15, 0.2) is 0 Å². The van der Waals surface area contributed by atoms with Crippen molar-refractivity contribution < 1.29 is 24.5 Å². The summed E-state index contributed by atoms with van der Waals surface area (Å²) in [4.78, 5) is 11.7. The molecule has 178 valence electrons. The zero-order chi connectivity index (χ0) is 22.9. The van der Waals surface area contributed by atoms with E-state index in [-0.39, 0.29) is 24.1 Å². The number of aliphatic hydroxyl groups excluding tert-OH is 2. The molecule has 0 aromatic heterocycles. The molecule has 0 bridgehead atoms. The highest BCUT2D eigenvalue weighted by atomic mass is 16.5. The minimum Gasteiger partial charge on any atom is -0.463 e. The highest BCUT2D eigenvalue weighted by Crippen LogP contribution is 2.42. The normalized spacial score (nSPS) is 29.1. The van der Waals surface area contributed by atoms with Gasteiger partial charge in [-0.25, -0.2) is 0 Å². The molecule has 0 radical (unpaired) electrons. The van der Waals surface area contributed by atoms with Gasteiger partial charge in [-0.1, -0.05) is 42.5 Å². The number of carbonyl (C=O) groups excluding carboxylic acids is 1. The van der Waals surface area contributed by atoms with Gasteiger partial charge in [0.25, 0.3) is 0 Å². The van der Waals surface area contributed by atoms with Crippen LogP contribution in [0.4, 0.5) is 0 Å². The third-order valence-electron chi connectivity index (χ3n) is 6.83. The van der Waals surface area contributed by atoms with Crippen LogP contribution in [0.3, 0.4) is 0 Å². The number of hydrogen-bond acceptors (Lipinski definition) is 5. The number of aryl methyl sites for hydroxylation is 1. The summed E-state index contributed by atoms with van der Waals surface area (Å²) in [6.07, 6.45) is 9.48. The summed E-state index contributed by atoms with van der Waals surface area (Å²) in [5, 5.41) is 21.0. The van der Waals surface area contributed by atoms with Crippen LogP contribution in [-0.4, -0.2) is 47.2 Å². The Morgan fingerprint density at radius 2 is 2.03 bits per heavy atom. The number of ether oxygens (including phenoxy) is 2. The molecule has 1 saturated heterocycles. The van der Waals surface area contributed by atoms with Crippen LogP contribution in [0.25, 0.3) is 0 Å². The number of hydrogen-bond donors (Lipinski definition) is 2. The lowest BCUT2D eigenvalue weighted by atomic mass is 9.86. The summed E-state index contributed by atoms with van der Waals surface area (Å²) < 4.78 is 11.4. The molecule has 5 nitrogen and oxygen atoms in total. The van der Waals surface area contributed by atoms with Crippen LogP contribution in [0, 0.1) is 17.8 Å². The molecule has 1 saturated carbocycles. The molecule has 1 heterocycles. The maximum Gasteiger partial charge on any atom is 0.306 e. The van der Waals surface area contributed by atoms with Crippen LogP contribution in [0.1, 0.15) is 64.4 Å². The number of fused-ring (bicyclic) bond motifs is 1. The van der Waals surface area contributed by atoms with E-state index in [1.165, 1.54) is 5.56 Å². The fourth-order valence-corrected chi connectivity index (χ4v) is 5.11. The minimum absolute atomic E-state index is 0.0335. The Hall–Kier alpha value is -1.69. The Labute approximate surface area is 192 Å². The fraction of sp³-hybridized carbons (Fsp3) is 0.667. The Kier molecular flexibility index (Phi) is 9.76. The van der Waals surface area contributed by atoms with Crippen molar-refractivity contribution in [3.63, 3.8) is 0 Å². The lowest BCUT2D eigenvalue weighted by Crippen LogP contribution is -2.21. The largest absolute Gasteiger partial charge is 0.463 e. The quantitative estimate of drug-likeness (QED) is 0.412. The van der Waals surface area contributed by atoms with Crippen LogP contribution < -0.4 is 0 Å². The molecule has 1 aromatic rings. The van der Waals surface area contributed by atoms with Gasteiger partial charge in [0.1, 0.15) is 0 Å². The van der Waals surface area contributed by atoms with Gasteiger partial charge in [0.2, 0.25) is 0 Å². The third-order valence-corrected chi connectivity index (χ3v) is 6.83. The number of esters is 1. The van der Waals surface area contributed by atoms with E-state index in [0.29, 0.717) is 37.7 Å². The van der Waals surface area contributed by atoms with Crippen molar-refractivity contribution >= 4 is 5.97 Å². The number of rotatable bonds is 10. The monoisotopic (exact) mass is 444 g/mol. The topological polar surface area (TPSA) is 76.0 Å². The van der Waals surface area contributed by atoms with Crippen LogP contribution in [0.2, 0.25) is 0 Å². The Morgan fingerprint density at radius 1 is 1.25 bits per heavy atom. The highest BCUT2D eigenvalue weighted by molar-refractivity contribution is 5.69. The average Bonchev–Trinajstić information content (AvgIpc) is 2.92. The molecule has 0 unspecified atom stereocenters. The molecular formula is C27H40O5. The molecule has 5 heteroatoms. The summed E-state index contributed by atoms with van der Waals surface area (Å²) in [5.74, 6) is 0.654. The smallest absolute Gasteiger partial charge is 0.306 e. The SMILES string of the molecule is CC(C)OC(=O)CCC[C@H]1CC[C@@H]2[C@@H](/C=C/[C@@H](O)CCc3ccccc3)[C@H](O)C[C@@H]2OC1. The van der Waals surface area contributed by atoms with E-state index < -0.39 is 12.2 Å². The van der Waals surface area contributed by atoms with Gasteiger partial charge < -0.3 is 19.7 Å². The van der Waals surface area contributed by atoms with E-state index in [0.717, 1.165) is 32.1 Å². The fourth-order valence-electron chi connectivity index (χ4n) is 5.11. The molecule has 1 aliphatic heterocycles. The van der Waals surface area contributed by atoms with E-state index in [2.05, 4.69) is 12.1 Å². The maximum absolute atomic E-state index is 11.7. The standard InChI is InChI=1S/C27H40O5/c1-19(2)32-27(30)10-6-9-21-12-15-24-23(25(29)17-26(24)31-18-21)16-14-22(28)13-11-20-7-4-3-5-8-20/h3-5,7-8,14,16,19,21-26,28-29H,6,9-13,15,17-18H2,1-2H3/b16-14+/t21-,22-,23+,24+,25+,26-/m0/s1. The van der Waals surface area contributed by atoms with Crippen molar-refractivity contribution in [3.05, 3.63) is 48.0 Å². The lowest BCUT2D eigenvalue weighted by Gasteiger charge is -2.21. The molecule has 2 N–H and O–H groups in total. The number of benzene rings is 1. The van der Waals surface area contributed by atoms with Gasteiger partial charge in [-0.15, -0.1) is 0 Å². The third kappa shape index (κ3) is 7.72. The highest BCUT2D eigenvalue weighted by Gasteiger charge is 2.43. The summed E-state index contributed by atoms with van der Waals surface area (Å²) in [6, 6.07) is 10.2. The second-order valence-corrected chi connectivity index (χ2v) is 9.77. The Morgan fingerprint density at radius 3 is 2.78 bits per heavy atom. The van der Waals surface area contributed by atoms with E-state index in [1.807, 2.05) is 44.2 Å². The Balaban J connectivity index is 1.44. The van der Waals surface area contributed by atoms with Gasteiger partial charge >= 0.3 is 5.97 Å². The van der Waals surface area contributed by atoms with Gasteiger partial charge in [-0.2, -0.15) is 0 Å². The minimum atomic E-state index is -0.508. The molecule has 32 heavy (non-hydrogen) atoms. The first-order chi connectivity index (χ1) is 15.4. The predicted molar refractivity (Wildman–Crippen MR) is 125 cm³/mol. The zero-order valence-corrected chi connectivity index (χ0v) is 19.6. The van der Waals surface area contributed by atoms with Crippen molar-refractivity contribution in [2.45, 2.75) is 89.6 Å². The van der Waals surface area contributed by atoms with Crippen LogP contribution in [-0.2, 0) is 20.7 Å². The number of carbonyl (C=O) groups is 1. The van der Waals surface area contributed by atoms with Crippen molar-refractivity contribution in [2.75, 3.05) is 6.61 Å². The van der Waals surface area contributed by atoms with E-state index >= 15 is 0 Å². The molecular weight excluding hydrogens is 404 g/mol. The first-order valence-corrected chi connectivity index (χ1v) is 12.3. The second-order valence-electron chi connectivity index (χ2n) is 9.77. The molecule has 1 aromatic carbocycles. The summed E-state index contributed by atoms with van der Waals surface area (Å²) in [6.45, 7) is 4.44. The van der Waals surface area contributed by atoms with E-state index in [4.69, 9.17) is 9.47 Å². The summed E-state index contributed by atoms with van der Waals surface area (Å²) in [5.41, 5.74) is 1.22. The van der Waals surface area contributed by atoms with Crippen molar-refractivity contribution in [3.8, 4) is 0 Å². The van der Waals surface area contributed by atoms with Gasteiger partial charge in [-0.05, 0) is 69.8 Å². The molecule has 3 rings (SSSR count). The second kappa shape index (κ2) is 12.5. The summed E-state index contributed by atoms with van der Waals surface area (Å²) >= 11 is 0.